The molecule has 0 bridgehead atoms. The van der Waals surface area contributed by atoms with Crippen LogP contribution < -0.4 is 5.32 Å². The third-order valence-corrected chi connectivity index (χ3v) is 3.91. The van der Waals surface area contributed by atoms with Crippen LogP contribution in [0.2, 0.25) is 0 Å². The highest BCUT2D eigenvalue weighted by Crippen LogP contribution is 2.17. The molecule has 1 aromatic carbocycles. The minimum Gasteiger partial charge on any atom is -0.481 e. The topological polar surface area (TPSA) is 97.1 Å². The number of benzene rings is 1. The number of nitrogens with zero attached hydrogens (tertiary/aromatic N) is 3. The molecular weight excluding hydrogens is 335 g/mol. The molecule has 126 valence electrons. The van der Waals surface area contributed by atoms with E-state index in [1.807, 2.05) is 0 Å². The van der Waals surface area contributed by atoms with Crippen molar-refractivity contribution in [2.24, 2.45) is 0 Å². The van der Waals surface area contributed by atoms with Crippen LogP contribution in [-0.2, 0) is 17.9 Å². The van der Waals surface area contributed by atoms with Crippen molar-refractivity contribution in [3.05, 3.63) is 54.1 Å². The average Bonchev–Trinajstić information content (AvgIpc) is 2.93. The summed E-state index contributed by atoms with van der Waals surface area (Å²) >= 11 is 1.02. The molecule has 1 amide bonds. The van der Waals surface area contributed by atoms with Gasteiger partial charge in [-0.25, -0.2) is 4.39 Å². The Kier molecular flexibility index (Phi) is 6.07. The minimum absolute atomic E-state index is 0.0294. The van der Waals surface area contributed by atoms with Gasteiger partial charge in [0.1, 0.15) is 5.82 Å². The highest BCUT2D eigenvalue weighted by Gasteiger charge is 2.15. The number of aromatic nitrogens is 3. The molecular formula is C15H15FN4O3S. The molecule has 0 fully saturated rings. The molecule has 0 radical (unpaired) electrons. The first kappa shape index (κ1) is 17.7. The first-order valence-corrected chi connectivity index (χ1v) is 7.91. The molecule has 24 heavy (non-hydrogen) atoms. The lowest BCUT2D eigenvalue weighted by Gasteiger charge is -2.08. The number of allylic oxidation sites excluding steroid dienone is 1. The molecule has 0 aliphatic heterocycles. The Labute approximate surface area is 141 Å². The summed E-state index contributed by atoms with van der Waals surface area (Å²) in [6.45, 7) is 4.02. The van der Waals surface area contributed by atoms with Crippen LogP contribution >= 0.6 is 11.8 Å². The van der Waals surface area contributed by atoms with E-state index < -0.39 is 17.7 Å². The summed E-state index contributed by atoms with van der Waals surface area (Å²) in [5.41, 5.74) is -0.0623. The zero-order valence-corrected chi connectivity index (χ0v) is 13.4. The molecule has 2 rings (SSSR count). The van der Waals surface area contributed by atoms with E-state index in [2.05, 4.69) is 22.1 Å². The number of halogens is 1. The van der Waals surface area contributed by atoms with Crippen molar-refractivity contribution in [2.45, 2.75) is 18.2 Å². The summed E-state index contributed by atoms with van der Waals surface area (Å²) in [6, 6.07) is 5.65. The molecule has 9 heteroatoms. The summed E-state index contributed by atoms with van der Waals surface area (Å²) in [7, 11) is 0. The molecule has 0 saturated carbocycles. The number of carboxylic acid groups (broad SMARTS) is 1. The van der Waals surface area contributed by atoms with Gasteiger partial charge in [-0.05, 0) is 12.1 Å². The van der Waals surface area contributed by atoms with E-state index in [1.165, 1.54) is 18.2 Å². The average molecular weight is 350 g/mol. The molecule has 0 aliphatic carbocycles. The fourth-order valence-electron chi connectivity index (χ4n) is 1.90. The van der Waals surface area contributed by atoms with Crippen molar-refractivity contribution in [1.29, 1.82) is 0 Å². The zero-order chi connectivity index (χ0) is 17.5. The number of carboxylic acids is 1. The van der Waals surface area contributed by atoms with Crippen LogP contribution in [0, 0.1) is 5.82 Å². The molecule has 7 nitrogen and oxygen atoms in total. The quantitative estimate of drug-likeness (QED) is 0.556. The van der Waals surface area contributed by atoms with Crippen LogP contribution in [0.4, 0.5) is 4.39 Å². The second-order valence-electron chi connectivity index (χ2n) is 4.64. The van der Waals surface area contributed by atoms with Gasteiger partial charge in [0.05, 0.1) is 17.9 Å². The number of hydrogen-bond donors (Lipinski definition) is 2. The van der Waals surface area contributed by atoms with Gasteiger partial charge in [0.2, 0.25) is 0 Å². The van der Waals surface area contributed by atoms with Crippen molar-refractivity contribution in [3.8, 4) is 0 Å². The number of carbonyl (C=O) groups excluding carboxylic acids is 1. The van der Waals surface area contributed by atoms with Crippen molar-refractivity contribution in [2.75, 3.05) is 5.75 Å². The van der Waals surface area contributed by atoms with Gasteiger partial charge in [0, 0.05) is 6.54 Å². The molecule has 0 saturated heterocycles. The van der Waals surface area contributed by atoms with Gasteiger partial charge >= 0.3 is 5.97 Å². The Morgan fingerprint density at radius 2 is 2.12 bits per heavy atom. The third kappa shape index (κ3) is 4.42. The molecule has 0 spiro atoms. The van der Waals surface area contributed by atoms with Crippen molar-refractivity contribution in [3.63, 3.8) is 0 Å². The van der Waals surface area contributed by atoms with E-state index in [0.717, 1.165) is 11.8 Å². The molecule has 0 unspecified atom stereocenters. The number of thioether (sulfide) groups is 1. The monoisotopic (exact) mass is 350 g/mol. The zero-order valence-electron chi connectivity index (χ0n) is 12.6. The van der Waals surface area contributed by atoms with Crippen LogP contribution in [0.25, 0.3) is 0 Å². The first-order valence-electron chi connectivity index (χ1n) is 6.93. The van der Waals surface area contributed by atoms with E-state index >= 15 is 0 Å². The first-order chi connectivity index (χ1) is 11.5. The SMILES string of the molecule is C=CCn1c(CNC(=O)c2ccccc2F)nnc1SCC(=O)O. The third-order valence-electron chi connectivity index (χ3n) is 2.96. The molecule has 2 N–H and O–H groups in total. The van der Waals surface area contributed by atoms with Gasteiger partial charge in [-0.2, -0.15) is 0 Å². The number of rotatable bonds is 8. The Bertz CT molecular complexity index is 763. The van der Waals surface area contributed by atoms with Gasteiger partial charge in [0.15, 0.2) is 11.0 Å². The normalized spacial score (nSPS) is 10.4. The van der Waals surface area contributed by atoms with Gasteiger partial charge < -0.3 is 15.0 Å². The van der Waals surface area contributed by atoms with Crippen molar-refractivity contribution < 1.29 is 19.1 Å². The molecule has 0 aliphatic rings. The minimum atomic E-state index is -0.970. The smallest absolute Gasteiger partial charge is 0.313 e. The predicted octanol–water partition coefficient (Wildman–Crippen LogP) is 1.71. The number of nitrogens with one attached hydrogen (secondary N) is 1. The van der Waals surface area contributed by atoms with E-state index in [0.29, 0.717) is 17.5 Å². The highest BCUT2D eigenvalue weighted by atomic mass is 32.2. The maximum Gasteiger partial charge on any atom is 0.313 e. The number of carbonyl (C=O) groups is 2. The van der Waals surface area contributed by atoms with Crippen LogP contribution in [0.3, 0.4) is 0 Å². The fraction of sp³-hybridized carbons (Fsp3) is 0.200. The Morgan fingerprint density at radius 3 is 2.79 bits per heavy atom. The van der Waals surface area contributed by atoms with Gasteiger partial charge in [-0.15, -0.1) is 16.8 Å². The van der Waals surface area contributed by atoms with E-state index in [4.69, 9.17) is 5.11 Å². The van der Waals surface area contributed by atoms with E-state index in [9.17, 15) is 14.0 Å². The molecule has 2 aromatic rings. The Balaban J connectivity index is 2.09. The highest BCUT2D eigenvalue weighted by molar-refractivity contribution is 7.99. The Hall–Kier alpha value is -2.68. The van der Waals surface area contributed by atoms with Crippen LogP contribution in [0.15, 0.2) is 42.1 Å². The molecule has 1 aromatic heterocycles. The molecule has 0 atom stereocenters. The summed E-state index contributed by atoms with van der Waals surface area (Å²) in [6.07, 6.45) is 1.61. The maximum absolute atomic E-state index is 13.6. The second kappa shape index (κ2) is 8.25. The lowest BCUT2D eigenvalue weighted by molar-refractivity contribution is -0.133. The van der Waals surface area contributed by atoms with E-state index in [1.54, 1.807) is 16.7 Å². The lowest BCUT2D eigenvalue weighted by atomic mass is 10.2. The molecule has 1 heterocycles. The predicted molar refractivity (Wildman–Crippen MR) is 86.1 cm³/mol. The summed E-state index contributed by atoms with van der Waals surface area (Å²) in [5, 5.41) is 19.6. The van der Waals surface area contributed by atoms with Crippen LogP contribution in [0.5, 0.6) is 0 Å². The van der Waals surface area contributed by atoms with E-state index in [-0.39, 0.29) is 17.9 Å². The fourth-order valence-corrected chi connectivity index (χ4v) is 2.58. The maximum atomic E-state index is 13.6. The lowest BCUT2D eigenvalue weighted by Crippen LogP contribution is -2.25. The summed E-state index contributed by atoms with van der Waals surface area (Å²) in [4.78, 5) is 22.7. The van der Waals surface area contributed by atoms with Crippen molar-refractivity contribution >= 4 is 23.6 Å². The number of amides is 1. The van der Waals surface area contributed by atoms with Gasteiger partial charge in [0.25, 0.3) is 5.91 Å². The Morgan fingerprint density at radius 1 is 1.38 bits per heavy atom. The number of aliphatic carboxylic acids is 1. The number of hydrogen-bond acceptors (Lipinski definition) is 5. The largest absolute Gasteiger partial charge is 0.481 e. The van der Waals surface area contributed by atoms with Crippen LogP contribution in [-0.4, -0.2) is 37.5 Å². The second-order valence-corrected chi connectivity index (χ2v) is 5.59. The standard InChI is InChI=1S/C15H15FN4O3S/c1-2-7-20-12(18-19-15(20)24-9-13(21)22)8-17-14(23)10-5-3-4-6-11(10)16/h2-6H,1,7-9H2,(H,17,23)(H,21,22). The summed E-state index contributed by atoms with van der Waals surface area (Å²) in [5.74, 6) is -1.88. The van der Waals surface area contributed by atoms with Crippen LogP contribution in [0.1, 0.15) is 16.2 Å². The van der Waals surface area contributed by atoms with Gasteiger partial charge in [-0.3, -0.25) is 9.59 Å². The van der Waals surface area contributed by atoms with Crippen molar-refractivity contribution in [1.82, 2.24) is 20.1 Å². The van der Waals surface area contributed by atoms with Gasteiger partial charge in [-0.1, -0.05) is 30.0 Å². The summed E-state index contributed by atoms with van der Waals surface area (Å²) < 4.78 is 15.2.